The standard InChI is InChI=1S/C24H29FO3/c1-2-3-4-17-27-22-13-9-20(10-14-22)24(26)28-23-15-7-19(8-16-23)18-5-11-21(25)12-6-18/h5-8,11-12,15-16,20,22H,2-4,9-10,13-14,17H2,1H3. The van der Waals surface area contributed by atoms with E-state index in [2.05, 4.69) is 6.92 Å². The zero-order valence-corrected chi connectivity index (χ0v) is 16.5. The Hall–Kier alpha value is -2.20. The Bertz CT molecular complexity index is 731. The van der Waals surface area contributed by atoms with E-state index in [1.54, 1.807) is 24.3 Å². The third kappa shape index (κ3) is 5.90. The average molecular weight is 384 g/mol. The molecule has 0 aromatic heterocycles. The van der Waals surface area contributed by atoms with Crippen LogP contribution in [0.4, 0.5) is 4.39 Å². The zero-order chi connectivity index (χ0) is 19.8. The fourth-order valence-corrected chi connectivity index (χ4v) is 3.62. The van der Waals surface area contributed by atoms with Gasteiger partial charge in [0.15, 0.2) is 0 Å². The SMILES string of the molecule is CCCCCOC1CCC(C(=O)Oc2ccc(-c3ccc(F)cc3)cc2)CC1. The summed E-state index contributed by atoms with van der Waals surface area (Å²) in [4.78, 5) is 12.5. The molecule has 0 unspecified atom stereocenters. The molecule has 0 bridgehead atoms. The first-order chi connectivity index (χ1) is 13.7. The summed E-state index contributed by atoms with van der Waals surface area (Å²) in [6.45, 7) is 3.02. The smallest absolute Gasteiger partial charge is 0.314 e. The number of esters is 1. The van der Waals surface area contributed by atoms with Crippen molar-refractivity contribution in [2.75, 3.05) is 6.61 Å². The Morgan fingerprint density at radius 2 is 1.54 bits per heavy atom. The number of unbranched alkanes of at least 4 members (excludes halogenated alkanes) is 2. The van der Waals surface area contributed by atoms with Gasteiger partial charge in [-0.1, -0.05) is 44.0 Å². The van der Waals surface area contributed by atoms with E-state index in [0.29, 0.717) is 5.75 Å². The van der Waals surface area contributed by atoms with Crippen LogP contribution in [0.15, 0.2) is 48.5 Å². The summed E-state index contributed by atoms with van der Waals surface area (Å²) < 4.78 is 24.5. The average Bonchev–Trinajstić information content (AvgIpc) is 2.73. The summed E-state index contributed by atoms with van der Waals surface area (Å²) in [5.41, 5.74) is 1.89. The lowest BCUT2D eigenvalue weighted by molar-refractivity contribution is -0.141. The quantitative estimate of drug-likeness (QED) is 0.310. The molecule has 0 saturated heterocycles. The monoisotopic (exact) mass is 384 g/mol. The van der Waals surface area contributed by atoms with Gasteiger partial charge in [0.05, 0.1) is 12.0 Å². The summed E-state index contributed by atoms with van der Waals surface area (Å²) in [5.74, 6) is 0.0930. The van der Waals surface area contributed by atoms with Crippen molar-refractivity contribution in [1.82, 2.24) is 0 Å². The van der Waals surface area contributed by atoms with Gasteiger partial charge in [-0.2, -0.15) is 0 Å². The molecule has 1 aliphatic rings. The molecule has 0 amide bonds. The highest BCUT2D eigenvalue weighted by molar-refractivity contribution is 5.75. The molecule has 3 rings (SSSR count). The zero-order valence-electron chi connectivity index (χ0n) is 16.5. The lowest BCUT2D eigenvalue weighted by Crippen LogP contribution is -2.29. The van der Waals surface area contributed by atoms with Gasteiger partial charge in [-0.3, -0.25) is 4.79 Å². The van der Waals surface area contributed by atoms with Gasteiger partial charge in [0.1, 0.15) is 11.6 Å². The maximum atomic E-state index is 13.0. The molecule has 2 aromatic carbocycles. The summed E-state index contributed by atoms with van der Waals surface area (Å²) in [5, 5.41) is 0. The number of hydrogen-bond donors (Lipinski definition) is 0. The highest BCUT2D eigenvalue weighted by atomic mass is 19.1. The van der Waals surface area contributed by atoms with Gasteiger partial charge in [-0.05, 0) is 67.5 Å². The lowest BCUT2D eigenvalue weighted by Gasteiger charge is -2.27. The largest absolute Gasteiger partial charge is 0.426 e. The molecule has 1 saturated carbocycles. The van der Waals surface area contributed by atoms with Gasteiger partial charge in [0.2, 0.25) is 0 Å². The fraction of sp³-hybridized carbons (Fsp3) is 0.458. The number of rotatable bonds is 8. The van der Waals surface area contributed by atoms with E-state index in [9.17, 15) is 9.18 Å². The minimum Gasteiger partial charge on any atom is -0.426 e. The second kappa shape index (κ2) is 10.4. The van der Waals surface area contributed by atoms with Crippen molar-refractivity contribution in [1.29, 1.82) is 0 Å². The van der Waals surface area contributed by atoms with E-state index in [1.807, 2.05) is 12.1 Å². The highest BCUT2D eigenvalue weighted by Crippen LogP contribution is 2.29. The van der Waals surface area contributed by atoms with E-state index >= 15 is 0 Å². The summed E-state index contributed by atoms with van der Waals surface area (Å²) in [7, 11) is 0. The number of hydrogen-bond acceptors (Lipinski definition) is 3. The van der Waals surface area contributed by atoms with E-state index in [1.165, 1.54) is 25.0 Å². The first kappa shape index (κ1) is 20.5. The van der Waals surface area contributed by atoms with Crippen molar-refractivity contribution >= 4 is 5.97 Å². The molecule has 1 aliphatic carbocycles. The molecular formula is C24H29FO3. The third-order valence-electron chi connectivity index (χ3n) is 5.36. The van der Waals surface area contributed by atoms with Crippen LogP contribution < -0.4 is 4.74 Å². The van der Waals surface area contributed by atoms with Gasteiger partial charge in [-0.25, -0.2) is 4.39 Å². The van der Waals surface area contributed by atoms with Gasteiger partial charge < -0.3 is 9.47 Å². The van der Waals surface area contributed by atoms with Crippen LogP contribution in [-0.2, 0) is 9.53 Å². The summed E-state index contributed by atoms with van der Waals surface area (Å²) in [6, 6.07) is 13.7. The van der Waals surface area contributed by atoms with Crippen molar-refractivity contribution in [3.8, 4) is 16.9 Å². The van der Waals surface area contributed by atoms with Gasteiger partial charge in [-0.15, -0.1) is 0 Å². The molecule has 0 aliphatic heterocycles. The lowest BCUT2D eigenvalue weighted by atomic mass is 9.87. The van der Waals surface area contributed by atoms with Crippen molar-refractivity contribution < 1.29 is 18.7 Å². The van der Waals surface area contributed by atoms with Crippen LogP contribution >= 0.6 is 0 Å². The maximum Gasteiger partial charge on any atom is 0.314 e. The molecule has 4 heteroatoms. The van der Waals surface area contributed by atoms with Crippen molar-refractivity contribution in [3.63, 3.8) is 0 Å². The second-order valence-corrected chi connectivity index (χ2v) is 7.50. The first-order valence-corrected chi connectivity index (χ1v) is 10.3. The predicted molar refractivity (Wildman–Crippen MR) is 109 cm³/mol. The Morgan fingerprint density at radius 3 is 2.14 bits per heavy atom. The third-order valence-corrected chi connectivity index (χ3v) is 5.36. The predicted octanol–water partition coefficient (Wildman–Crippen LogP) is 6.16. The number of halogens is 1. The Balaban J connectivity index is 1.45. The van der Waals surface area contributed by atoms with E-state index in [-0.39, 0.29) is 23.8 Å². The van der Waals surface area contributed by atoms with Crippen molar-refractivity contribution in [2.24, 2.45) is 5.92 Å². The molecule has 28 heavy (non-hydrogen) atoms. The number of carbonyl (C=O) groups is 1. The molecular weight excluding hydrogens is 355 g/mol. The van der Waals surface area contributed by atoms with E-state index in [0.717, 1.165) is 49.8 Å². The molecule has 2 aromatic rings. The maximum absolute atomic E-state index is 13.0. The minimum atomic E-state index is -0.254. The van der Waals surface area contributed by atoms with Crippen LogP contribution in [-0.4, -0.2) is 18.7 Å². The number of benzene rings is 2. The second-order valence-electron chi connectivity index (χ2n) is 7.50. The first-order valence-electron chi connectivity index (χ1n) is 10.3. The summed E-state index contributed by atoms with van der Waals surface area (Å²) >= 11 is 0. The molecule has 3 nitrogen and oxygen atoms in total. The normalized spacial score (nSPS) is 19.4. The van der Waals surface area contributed by atoms with Crippen LogP contribution in [0.3, 0.4) is 0 Å². The molecule has 0 N–H and O–H groups in total. The van der Waals surface area contributed by atoms with Crippen LogP contribution in [0.25, 0.3) is 11.1 Å². The van der Waals surface area contributed by atoms with E-state index in [4.69, 9.17) is 9.47 Å². The van der Waals surface area contributed by atoms with Crippen molar-refractivity contribution in [2.45, 2.75) is 58.0 Å². The van der Waals surface area contributed by atoms with Crippen LogP contribution in [0, 0.1) is 11.7 Å². The van der Waals surface area contributed by atoms with Crippen LogP contribution in [0.2, 0.25) is 0 Å². The molecule has 0 heterocycles. The molecule has 0 radical (unpaired) electrons. The Labute approximate surface area is 166 Å². The highest BCUT2D eigenvalue weighted by Gasteiger charge is 2.28. The van der Waals surface area contributed by atoms with Gasteiger partial charge in [0, 0.05) is 6.61 Å². The van der Waals surface area contributed by atoms with Gasteiger partial charge in [0.25, 0.3) is 0 Å². The number of carbonyl (C=O) groups excluding carboxylic acids is 1. The molecule has 150 valence electrons. The summed E-state index contributed by atoms with van der Waals surface area (Å²) in [6.07, 6.45) is 7.32. The topological polar surface area (TPSA) is 35.5 Å². The van der Waals surface area contributed by atoms with Crippen LogP contribution in [0.5, 0.6) is 5.75 Å². The van der Waals surface area contributed by atoms with Crippen LogP contribution in [0.1, 0.15) is 51.9 Å². The minimum absolute atomic E-state index is 0.0488. The molecule has 0 atom stereocenters. The van der Waals surface area contributed by atoms with Gasteiger partial charge >= 0.3 is 5.97 Å². The fourth-order valence-electron chi connectivity index (χ4n) is 3.62. The molecule has 0 spiro atoms. The Morgan fingerprint density at radius 1 is 0.929 bits per heavy atom. The molecule has 1 fully saturated rings. The van der Waals surface area contributed by atoms with E-state index < -0.39 is 0 Å². The number of ether oxygens (including phenoxy) is 2. The van der Waals surface area contributed by atoms with Crippen molar-refractivity contribution in [3.05, 3.63) is 54.3 Å². The Kier molecular flexibility index (Phi) is 7.61.